The van der Waals surface area contributed by atoms with Gasteiger partial charge < -0.3 is 9.72 Å². The summed E-state index contributed by atoms with van der Waals surface area (Å²) in [5.74, 6) is 0.866. The monoisotopic (exact) mass is 405 g/mol. The molecule has 21 heavy (non-hydrogen) atoms. The Morgan fingerprint density at radius 1 is 1.00 bits per heavy atom. The van der Waals surface area contributed by atoms with Gasteiger partial charge in [0.25, 0.3) is 0 Å². The van der Waals surface area contributed by atoms with Gasteiger partial charge in [-0.05, 0) is 42.5 Å². The fourth-order valence-corrected chi connectivity index (χ4v) is 3.46. The van der Waals surface area contributed by atoms with Gasteiger partial charge >= 0.3 is 0 Å². The number of nitrogens with one attached hydrogen (secondary N) is 1. The molecule has 1 heterocycles. The van der Waals surface area contributed by atoms with E-state index in [9.17, 15) is 0 Å². The van der Waals surface area contributed by atoms with Crippen molar-refractivity contribution in [2.45, 2.75) is 0 Å². The van der Waals surface area contributed by atoms with Crippen molar-refractivity contribution in [1.82, 2.24) is 4.98 Å². The van der Waals surface area contributed by atoms with Gasteiger partial charge in [0.05, 0.1) is 7.11 Å². The van der Waals surface area contributed by atoms with Gasteiger partial charge in [-0.2, -0.15) is 0 Å². The summed E-state index contributed by atoms with van der Waals surface area (Å²) in [5.41, 5.74) is 3.27. The van der Waals surface area contributed by atoms with Gasteiger partial charge in [0.2, 0.25) is 0 Å². The van der Waals surface area contributed by atoms with Crippen LogP contribution in [-0.2, 0) is 0 Å². The van der Waals surface area contributed by atoms with E-state index in [-0.39, 0.29) is 0 Å². The molecule has 0 aliphatic rings. The topological polar surface area (TPSA) is 25.0 Å². The van der Waals surface area contributed by atoms with Crippen LogP contribution < -0.4 is 4.74 Å². The predicted molar refractivity (Wildman–Crippen MR) is 95.6 cm³/mol. The van der Waals surface area contributed by atoms with E-state index in [1.165, 1.54) is 0 Å². The Kier molecular flexibility index (Phi) is 4.17. The van der Waals surface area contributed by atoms with E-state index in [4.69, 9.17) is 4.74 Å². The second-order valence-corrected chi connectivity index (χ2v) is 6.36. The zero-order valence-electron chi connectivity index (χ0n) is 11.4. The van der Waals surface area contributed by atoms with Crippen LogP contribution in [0.15, 0.2) is 51.4 Å². The van der Waals surface area contributed by atoms with E-state index in [1.54, 1.807) is 7.11 Å². The Morgan fingerprint density at radius 2 is 1.76 bits per heavy atom. The van der Waals surface area contributed by atoms with Crippen molar-refractivity contribution in [3.63, 3.8) is 0 Å². The van der Waals surface area contributed by atoms with Crippen LogP contribution in [0, 0.1) is 0 Å². The number of fused-ring (bicyclic) bond motifs is 1. The maximum Gasteiger partial charge on any atom is 0.119 e. The molecule has 0 saturated heterocycles. The van der Waals surface area contributed by atoms with Crippen LogP contribution in [0.25, 0.3) is 23.1 Å². The van der Waals surface area contributed by atoms with E-state index in [1.807, 2.05) is 36.4 Å². The molecule has 0 fully saturated rings. The van der Waals surface area contributed by atoms with Crippen molar-refractivity contribution in [3.8, 4) is 5.75 Å². The van der Waals surface area contributed by atoms with Crippen molar-refractivity contribution in [2.75, 3.05) is 7.11 Å². The van der Waals surface area contributed by atoms with Crippen molar-refractivity contribution < 1.29 is 4.74 Å². The lowest BCUT2D eigenvalue weighted by Crippen LogP contribution is -1.80. The maximum absolute atomic E-state index is 5.25. The van der Waals surface area contributed by atoms with E-state index in [0.717, 1.165) is 36.9 Å². The summed E-state index contributed by atoms with van der Waals surface area (Å²) in [7, 11) is 1.68. The molecule has 0 aliphatic heterocycles. The summed E-state index contributed by atoms with van der Waals surface area (Å²) in [4.78, 5) is 3.38. The minimum absolute atomic E-state index is 0.866. The van der Waals surface area contributed by atoms with Gasteiger partial charge in [-0.25, -0.2) is 0 Å². The third kappa shape index (κ3) is 3.06. The van der Waals surface area contributed by atoms with Gasteiger partial charge in [0, 0.05) is 31.1 Å². The minimum atomic E-state index is 0.866. The summed E-state index contributed by atoms with van der Waals surface area (Å²) in [6, 6.07) is 14.2. The number of aromatic nitrogens is 1. The van der Waals surface area contributed by atoms with Crippen LogP contribution in [0.2, 0.25) is 0 Å². The van der Waals surface area contributed by atoms with E-state index in [0.29, 0.717) is 0 Å². The van der Waals surface area contributed by atoms with Crippen LogP contribution in [0.1, 0.15) is 11.3 Å². The van der Waals surface area contributed by atoms with E-state index < -0.39 is 0 Å². The first kappa shape index (κ1) is 14.4. The number of benzene rings is 2. The lowest BCUT2D eigenvalue weighted by molar-refractivity contribution is 0.415. The zero-order valence-corrected chi connectivity index (χ0v) is 14.5. The average Bonchev–Trinajstić information content (AvgIpc) is 2.88. The molecule has 0 saturated carbocycles. The number of hydrogen-bond acceptors (Lipinski definition) is 1. The molecule has 1 N–H and O–H groups in total. The normalized spacial score (nSPS) is 11.4. The molecule has 106 valence electrons. The van der Waals surface area contributed by atoms with Crippen LogP contribution in [0.5, 0.6) is 5.75 Å². The third-order valence-corrected chi connectivity index (χ3v) is 4.66. The second kappa shape index (κ2) is 6.08. The van der Waals surface area contributed by atoms with Crippen LogP contribution >= 0.6 is 31.9 Å². The number of H-pyrrole nitrogens is 1. The molecule has 1 aromatic heterocycles. The van der Waals surface area contributed by atoms with Gasteiger partial charge in [0.1, 0.15) is 5.75 Å². The maximum atomic E-state index is 5.25. The molecule has 0 aliphatic carbocycles. The number of aromatic amines is 1. The molecule has 3 aromatic rings. The summed E-state index contributed by atoms with van der Waals surface area (Å²) in [5, 5.41) is 1.14. The van der Waals surface area contributed by atoms with Crippen molar-refractivity contribution >= 4 is 54.9 Å². The minimum Gasteiger partial charge on any atom is -0.497 e. The molecular formula is C17H13Br2NO. The van der Waals surface area contributed by atoms with Gasteiger partial charge in [-0.3, -0.25) is 0 Å². The Hall–Kier alpha value is -1.52. The quantitative estimate of drug-likeness (QED) is 0.577. The number of hydrogen-bond donors (Lipinski definition) is 1. The molecule has 0 spiro atoms. The number of ether oxygens (including phenoxy) is 1. The summed E-state index contributed by atoms with van der Waals surface area (Å²) < 4.78 is 7.37. The summed E-state index contributed by atoms with van der Waals surface area (Å²) >= 11 is 7.13. The fourth-order valence-electron chi connectivity index (χ4n) is 2.19. The van der Waals surface area contributed by atoms with Crippen LogP contribution in [0.3, 0.4) is 0 Å². The number of halogens is 2. The zero-order chi connectivity index (χ0) is 14.8. The summed E-state index contributed by atoms with van der Waals surface area (Å²) in [6.45, 7) is 0. The van der Waals surface area contributed by atoms with Crippen molar-refractivity contribution in [2.24, 2.45) is 0 Å². The van der Waals surface area contributed by atoms with Gasteiger partial charge in [0.15, 0.2) is 0 Å². The van der Waals surface area contributed by atoms with Gasteiger partial charge in [-0.15, -0.1) is 0 Å². The van der Waals surface area contributed by atoms with Crippen LogP contribution in [0.4, 0.5) is 0 Å². The highest BCUT2D eigenvalue weighted by molar-refractivity contribution is 9.11. The standard InChI is InChI=1S/C17H13Br2NO/c1-21-13-6-8-17-11(10-13)9-12(20-17)5-7-14-15(18)3-2-4-16(14)19/h2-10,20H,1H3. The first-order valence-electron chi connectivity index (χ1n) is 6.46. The largest absolute Gasteiger partial charge is 0.497 e. The molecule has 3 rings (SSSR count). The Bertz CT molecular complexity index is 801. The third-order valence-electron chi connectivity index (χ3n) is 3.28. The second-order valence-electron chi connectivity index (χ2n) is 4.65. The first-order chi connectivity index (χ1) is 10.2. The molecular weight excluding hydrogens is 394 g/mol. The summed E-state index contributed by atoms with van der Waals surface area (Å²) in [6.07, 6.45) is 4.15. The highest BCUT2D eigenvalue weighted by atomic mass is 79.9. The Morgan fingerprint density at radius 3 is 2.48 bits per heavy atom. The fraction of sp³-hybridized carbons (Fsp3) is 0.0588. The lowest BCUT2D eigenvalue weighted by Gasteiger charge is -2.00. The van der Waals surface area contributed by atoms with E-state index in [2.05, 4.69) is 55.1 Å². The SMILES string of the molecule is COc1ccc2[nH]c(C=Cc3c(Br)cccc3Br)cc2c1. The molecule has 4 heteroatoms. The van der Waals surface area contributed by atoms with Gasteiger partial charge in [-0.1, -0.05) is 44.0 Å². The molecule has 2 aromatic carbocycles. The molecule has 2 nitrogen and oxygen atoms in total. The average molecular weight is 407 g/mol. The smallest absolute Gasteiger partial charge is 0.119 e. The molecule has 0 amide bonds. The molecule has 0 radical (unpaired) electrons. The van der Waals surface area contributed by atoms with Crippen molar-refractivity contribution in [1.29, 1.82) is 0 Å². The van der Waals surface area contributed by atoms with Crippen LogP contribution in [-0.4, -0.2) is 12.1 Å². The highest BCUT2D eigenvalue weighted by Crippen LogP contribution is 2.28. The molecule has 0 atom stereocenters. The number of methoxy groups -OCH3 is 1. The first-order valence-corrected chi connectivity index (χ1v) is 8.05. The Balaban J connectivity index is 1.96. The van der Waals surface area contributed by atoms with E-state index >= 15 is 0 Å². The predicted octanol–water partition coefficient (Wildman–Crippen LogP) is 5.87. The Labute approximate surface area is 140 Å². The van der Waals surface area contributed by atoms with Crippen molar-refractivity contribution in [3.05, 3.63) is 62.7 Å². The molecule has 0 unspecified atom stereocenters. The lowest BCUT2D eigenvalue weighted by atomic mass is 10.2. The number of rotatable bonds is 3. The molecule has 0 bridgehead atoms. The highest BCUT2D eigenvalue weighted by Gasteiger charge is 2.02.